The molecule has 0 spiro atoms. The fourth-order valence-electron chi connectivity index (χ4n) is 3.58. The van der Waals surface area contributed by atoms with Gasteiger partial charge in [0, 0.05) is 0 Å². The van der Waals surface area contributed by atoms with E-state index in [2.05, 4.69) is 6.92 Å². The molecule has 1 aliphatic rings. The van der Waals surface area contributed by atoms with E-state index in [1.54, 1.807) is 12.1 Å². The fraction of sp³-hybridized carbons (Fsp3) is 0.571. The van der Waals surface area contributed by atoms with Gasteiger partial charge in [-0.1, -0.05) is 32.3 Å². The Morgan fingerprint density at radius 1 is 1.07 bits per heavy atom. The Labute approximate surface area is 173 Å². The third kappa shape index (κ3) is 4.45. The summed E-state index contributed by atoms with van der Waals surface area (Å²) in [7, 11) is 0. The summed E-state index contributed by atoms with van der Waals surface area (Å²) in [6.45, 7) is 1.88. The molecule has 2 heterocycles. The van der Waals surface area contributed by atoms with Crippen molar-refractivity contribution in [3.63, 3.8) is 0 Å². The van der Waals surface area contributed by atoms with E-state index in [9.17, 15) is 30.3 Å². The van der Waals surface area contributed by atoms with E-state index in [-0.39, 0.29) is 11.3 Å². The minimum Gasteiger partial charge on any atom is -0.499 e. The standard InChI is InChI=1S/C21H28O9/c1-2-3-4-5-8-28-20-12-7-6-11(9-13(12)30-21(27)18(20)26)19-17(25)16(24)15(23)14(10-22)29-19/h6-7,9,14-17,19,22-26H,2-5,8,10H2,1H3/t14-,15-,16+,17-,19+/m1/s1. The molecular formula is C21H28O9. The minimum atomic E-state index is -1.52. The molecule has 0 bridgehead atoms. The van der Waals surface area contributed by atoms with Crippen LogP contribution in [-0.2, 0) is 4.74 Å². The van der Waals surface area contributed by atoms with Crippen LogP contribution in [0.1, 0.15) is 44.3 Å². The van der Waals surface area contributed by atoms with Crippen LogP contribution in [0, 0.1) is 0 Å². The first-order valence-electron chi connectivity index (χ1n) is 10.1. The number of aliphatic hydroxyl groups excluding tert-OH is 4. The van der Waals surface area contributed by atoms with Gasteiger partial charge >= 0.3 is 5.63 Å². The number of rotatable bonds is 8. The minimum absolute atomic E-state index is 0.0260. The summed E-state index contributed by atoms with van der Waals surface area (Å²) < 4.78 is 16.4. The highest BCUT2D eigenvalue weighted by atomic mass is 16.5. The number of benzene rings is 1. The maximum absolute atomic E-state index is 12.1. The molecule has 1 fully saturated rings. The average molecular weight is 424 g/mol. The smallest absolute Gasteiger partial charge is 0.382 e. The number of hydrogen-bond acceptors (Lipinski definition) is 9. The quantitative estimate of drug-likeness (QED) is 0.308. The van der Waals surface area contributed by atoms with Crippen molar-refractivity contribution < 1.29 is 39.4 Å². The summed E-state index contributed by atoms with van der Waals surface area (Å²) >= 11 is 0. The van der Waals surface area contributed by atoms with Crippen LogP contribution in [0.25, 0.3) is 11.0 Å². The second-order valence-electron chi connectivity index (χ2n) is 7.48. The van der Waals surface area contributed by atoms with Gasteiger partial charge in [0.1, 0.15) is 36.1 Å². The molecule has 9 heteroatoms. The molecule has 0 unspecified atom stereocenters. The number of ether oxygens (including phenoxy) is 2. The first kappa shape index (κ1) is 22.5. The van der Waals surface area contributed by atoms with Crippen molar-refractivity contribution in [3.05, 3.63) is 34.2 Å². The van der Waals surface area contributed by atoms with Gasteiger partial charge in [-0.15, -0.1) is 0 Å². The maximum Gasteiger partial charge on any atom is 0.382 e. The Kier molecular flexibility index (Phi) is 7.32. The van der Waals surface area contributed by atoms with E-state index in [0.717, 1.165) is 25.7 Å². The summed E-state index contributed by atoms with van der Waals surface area (Å²) in [6, 6.07) is 4.56. The molecule has 1 saturated heterocycles. The topological polar surface area (TPSA) is 150 Å². The largest absolute Gasteiger partial charge is 0.499 e. The molecule has 166 valence electrons. The van der Waals surface area contributed by atoms with Gasteiger partial charge in [-0.25, -0.2) is 4.79 Å². The van der Waals surface area contributed by atoms with Crippen LogP contribution in [0.2, 0.25) is 0 Å². The van der Waals surface area contributed by atoms with Crippen molar-refractivity contribution in [1.29, 1.82) is 0 Å². The second kappa shape index (κ2) is 9.76. The normalized spacial score (nSPS) is 26.8. The molecule has 1 aromatic carbocycles. The van der Waals surface area contributed by atoms with Crippen molar-refractivity contribution in [2.75, 3.05) is 13.2 Å². The van der Waals surface area contributed by atoms with Crippen molar-refractivity contribution in [1.82, 2.24) is 0 Å². The van der Waals surface area contributed by atoms with Gasteiger partial charge in [0.15, 0.2) is 5.75 Å². The molecule has 0 amide bonds. The summed E-state index contributed by atoms with van der Waals surface area (Å²) in [6.07, 6.45) is -2.69. The first-order valence-corrected chi connectivity index (χ1v) is 10.1. The van der Waals surface area contributed by atoms with Crippen LogP contribution < -0.4 is 10.4 Å². The van der Waals surface area contributed by atoms with Crippen molar-refractivity contribution in [2.24, 2.45) is 0 Å². The van der Waals surface area contributed by atoms with Gasteiger partial charge in [-0.3, -0.25) is 0 Å². The van der Waals surface area contributed by atoms with E-state index >= 15 is 0 Å². The molecule has 9 nitrogen and oxygen atoms in total. The van der Waals surface area contributed by atoms with Crippen LogP contribution in [-0.4, -0.2) is 63.2 Å². The lowest BCUT2D eigenvalue weighted by atomic mass is 9.91. The van der Waals surface area contributed by atoms with Crippen LogP contribution in [0.4, 0.5) is 0 Å². The molecule has 1 aromatic heterocycles. The third-order valence-corrected chi connectivity index (χ3v) is 5.33. The number of hydrogen-bond donors (Lipinski definition) is 5. The number of fused-ring (bicyclic) bond motifs is 1. The Balaban J connectivity index is 1.91. The number of unbranched alkanes of at least 4 members (excludes halogenated alkanes) is 3. The highest BCUT2D eigenvalue weighted by molar-refractivity contribution is 5.86. The van der Waals surface area contributed by atoms with Crippen LogP contribution in [0.15, 0.2) is 27.4 Å². The van der Waals surface area contributed by atoms with E-state index in [1.165, 1.54) is 6.07 Å². The van der Waals surface area contributed by atoms with Gasteiger partial charge in [-0.05, 0) is 24.1 Å². The van der Waals surface area contributed by atoms with Gasteiger partial charge in [0.25, 0.3) is 0 Å². The van der Waals surface area contributed by atoms with E-state index in [1.807, 2.05) is 0 Å². The van der Waals surface area contributed by atoms with E-state index < -0.39 is 48.5 Å². The average Bonchev–Trinajstić information content (AvgIpc) is 2.74. The molecule has 3 rings (SSSR count). The van der Waals surface area contributed by atoms with Gasteiger partial charge in [-0.2, -0.15) is 0 Å². The Morgan fingerprint density at radius 3 is 2.53 bits per heavy atom. The van der Waals surface area contributed by atoms with Crippen molar-refractivity contribution in [2.45, 2.75) is 63.1 Å². The molecule has 2 aromatic rings. The van der Waals surface area contributed by atoms with E-state index in [0.29, 0.717) is 17.6 Å². The summed E-state index contributed by atoms with van der Waals surface area (Å²) in [4.78, 5) is 12.1. The van der Waals surface area contributed by atoms with Gasteiger partial charge < -0.3 is 39.4 Å². The lowest BCUT2D eigenvalue weighted by Crippen LogP contribution is -2.55. The Morgan fingerprint density at radius 2 is 1.83 bits per heavy atom. The monoisotopic (exact) mass is 424 g/mol. The summed E-state index contributed by atoms with van der Waals surface area (Å²) in [5.74, 6) is -0.586. The van der Waals surface area contributed by atoms with Gasteiger partial charge in [0.2, 0.25) is 5.75 Å². The molecule has 30 heavy (non-hydrogen) atoms. The highest BCUT2D eigenvalue weighted by Gasteiger charge is 2.44. The summed E-state index contributed by atoms with van der Waals surface area (Å²) in [5, 5.41) is 50.1. The molecule has 5 atom stereocenters. The first-order chi connectivity index (χ1) is 14.4. The predicted octanol–water partition coefficient (Wildman–Crippen LogP) is 0.973. The number of aromatic hydroxyl groups is 1. The molecule has 0 saturated carbocycles. The number of aliphatic hydroxyl groups is 4. The SMILES string of the molecule is CCCCCCOc1c(O)c(=O)oc2cc([C@@H]3O[C@H](CO)[C@@H](O)[C@H](O)[C@H]3O)ccc12. The lowest BCUT2D eigenvalue weighted by Gasteiger charge is -2.40. The molecule has 0 aliphatic carbocycles. The molecular weight excluding hydrogens is 396 g/mol. The van der Waals surface area contributed by atoms with Crippen molar-refractivity contribution >= 4 is 11.0 Å². The zero-order valence-corrected chi connectivity index (χ0v) is 16.7. The zero-order valence-electron chi connectivity index (χ0n) is 16.7. The van der Waals surface area contributed by atoms with Crippen LogP contribution >= 0.6 is 0 Å². The second-order valence-corrected chi connectivity index (χ2v) is 7.48. The molecule has 1 aliphatic heterocycles. The third-order valence-electron chi connectivity index (χ3n) is 5.33. The summed E-state index contributed by atoms with van der Waals surface area (Å²) in [5.41, 5.74) is -0.491. The fourth-order valence-corrected chi connectivity index (χ4v) is 3.58. The van der Waals surface area contributed by atoms with Crippen LogP contribution in [0.3, 0.4) is 0 Å². The predicted molar refractivity (Wildman–Crippen MR) is 107 cm³/mol. The molecule has 5 N–H and O–H groups in total. The highest BCUT2D eigenvalue weighted by Crippen LogP contribution is 2.37. The lowest BCUT2D eigenvalue weighted by molar-refractivity contribution is -0.231. The van der Waals surface area contributed by atoms with E-state index in [4.69, 9.17) is 13.9 Å². The molecule has 0 radical (unpaired) electrons. The van der Waals surface area contributed by atoms with Crippen LogP contribution in [0.5, 0.6) is 11.5 Å². The van der Waals surface area contributed by atoms with Crippen molar-refractivity contribution in [3.8, 4) is 11.5 Å². The van der Waals surface area contributed by atoms with Gasteiger partial charge in [0.05, 0.1) is 18.6 Å². The zero-order chi connectivity index (χ0) is 21.8. The maximum atomic E-state index is 12.1. The Hall–Kier alpha value is -2.17. The Bertz CT molecular complexity index is 907.